The van der Waals surface area contributed by atoms with Crippen LogP contribution in [0.4, 0.5) is 11.4 Å². The van der Waals surface area contributed by atoms with Crippen molar-refractivity contribution in [1.29, 1.82) is 0 Å². The molecule has 1 aromatic rings. The summed E-state index contributed by atoms with van der Waals surface area (Å²) in [7, 11) is 0. The van der Waals surface area contributed by atoms with E-state index in [1.165, 1.54) is 0 Å². The van der Waals surface area contributed by atoms with Crippen LogP contribution in [0.25, 0.3) is 0 Å². The van der Waals surface area contributed by atoms with Gasteiger partial charge in [0.25, 0.3) is 5.91 Å². The molecule has 0 aliphatic carbocycles. The average molecular weight is 221 g/mol. The summed E-state index contributed by atoms with van der Waals surface area (Å²) in [4.78, 5) is 13.6. The average Bonchev–Trinajstić information content (AvgIpc) is 2.64. The number of benzene rings is 1. The van der Waals surface area contributed by atoms with Crippen LogP contribution in [0, 0.1) is 0 Å². The van der Waals surface area contributed by atoms with Crippen molar-refractivity contribution in [2.24, 2.45) is 0 Å². The summed E-state index contributed by atoms with van der Waals surface area (Å²) in [5.74, 6) is -0.144. The van der Waals surface area contributed by atoms with Gasteiger partial charge in [-0.3, -0.25) is 4.79 Å². The molecule has 1 saturated heterocycles. The van der Waals surface area contributed by atoms with Crippen molar-refractivity contribution in [1.82, 2.24) is 4.90 Å². The van der Waals surface area contributed by atoms with E-state index < -0.39 is 6.10 Å². The number of anilines is 2. The number of nitrogen functional groups attached to an aromatic ring is 2. The van der Waals surface area contributed by atoms with Crippen LogP contribution in [0.3, 0.4) is 0 Å². The first-order valence-electron chi connectivity index (χ1n) is 5.20. The lowest BCUT2D eigenvalue weighted by atomic mass is 10.1. The Kier molecular flexibility index (Phi) is 2.70. The monoisotopic (exact) mass is 221 g/mol. The Morgan fingerprint density at radius 2 is 2.19 bits per heavy atom. The van der Waals surface area contributed by atoms with Gasteiger partial charge < -0.3 is 21.5 Å². The number of β-amino-alcohol motifs (C(OH)–C–C–N with tert-alkyl or cyclic N) is 1. The fourth-order valence-electron chi connectivity index (χ4n) is 1.87. The Bertz CT molecular complexity index is 420. The van der Waals surface area contributed by atoms with E-state index in [1.54, 1.807) is 23.1 Å². The van der Waals surface area contributed by atoms with E-state index >= 15 is 0 Å². The van der Waals surface area contributed by atoms with E-state index in [1.807, 2.05) is 0 Å². The molecule has 1 fully saturated rings. The topological polar surface area (TPSA) is 92.6 Å². The van der Waals surface area contributed by atoms with Crippen LogP contribution in [0.1, 0.15) is 16.8 Å². The number of aliphatic hydroxyl groups excluding tert-OH is 1. The number of aliphatic hydroxyl groups is 1. The van der Waals surface area contributed by atoms with Crippen molar-refractivity contribution in [2.75, 3.05) is 24.6 Å². The summed E-state index contributed by atoms with van der Waals surface area (Å²) in [6.07, 6.45) is 0.208. The molecule has 1 aliphatic heterocycles. The molecule has 0 aromatic heterocycles. The Labute approximate surface area is 93.6 Å². The first-order chi connectivity index (χ1) is 7.58. The van der Waals surface area contributed by atoms with E-state index in [9.17, 15) is 9.90 Å². The zero-order chi connectivity index (χ0) is 11.7. The third-order valence-electron chi connectivity index (χ3n) is 2.76. The van der Waals surface area contributed by atoms with Crippen LogP contribution in [0.2, 0.25) is 0 Å². The molecule has 1 atom stereocenters. The molecule has 5 nitrogen and oxygen atoms in total. The van der Waals surface area contributed by atoms with E-state index in [0.717, 1.165) is 0 Å². The highest BCUT2D eigenvalue weighted by Gasteiger charge is 2.26. The molecule has 1 aliphatic rings. The quantitative estimate of drug-likeness (QED) is 0.584. The first kappa shape index (κ1) is 10.8. The first-order valence-corrected chi connectivity index (χ1v) is 5.20. The molecule has 16 heavy (non-hydrogen) atoms. The number of hydrogen-bond acceptors (Lipinski definition) is 4. The molecule has 5 heteroatoms. The zero-order valence-corrected chi connectivity index (χ0v) is 8.89. The summed E-state index contributed by atoms with van der Waals surface area (Å²) in [5, 5.41) is 9.36. The summed E-state index contributed by atoms with van der Waals surface area (Å²) < 4.78 is 0. The number of carbonyl (C=O) groups excluding carboxylic acids is 1. The predicted molar refractivity (Wildman–Crippen MR) is 61.8 cm³/mol. The minimum Gasteiger partial charge on any atom is -0.399 e. The molecular weight excluding hydrogens is 206 g/mol. The van der Waals surface area contributed by atoms with Gasteiger partial charge in [-0.15, -0.1) is 0 Å². The normalized spacial score (nSPS) is 20.1. The Morgan fingerprint density at radius 1 is 1.44 bits per heavy atom. The van der Waals surface area contributed by atoms with Crippen LogP contribution in [-0.4, -0.2) is 35.1 Å². The van der Waals surface area contributed by atoms with E-state index in [2.05, 4.69) is 0 Å². The van der Waals surface area contributed by atoms with Crippen molar-refractivity contribution in [3.8, 4) is 0 Å². The van der Waals surface area contributed by atoms with Gasteiger partial charge >= 0.3 is 0 Å². The van der Waals surface area contributed by atoms with Gasteiger partial charge in [-0.05, 0) is 24.6 Å². The van der Waals surface area contributed by atoms with Crippen LogP contribution < -0.4 is 11.5 Å². The number of nitrogens with zero attached hydrogens (tertiary/aromatic N) is 1. The van der Waals surface area contributed by atoms with Gasteiger partial charge in [0.05, 0.1) is 11.7 Å². The summed E-state index contributed by atoms with van der Waals surface area (Å²) >= 11 is 0. The number of hydrogen-bond donors (Lipinski definition) is 3. The highest BCUT2D eigenvalue weighted by Crippen LogP contribution is 2.20. The second kappa shape index (κ2) is 4.02. The molecule has 0 bridgehead atoms. The third kappa shape index (κ3) is 1.94. The smallest absolute Gasteiger partial charge is 0.256 e. The fraction of sp³-hybridized carbons (Fsp3) is 0.364. The van der Waals surface area contributed by atoms with Crippen molar-refractivity contribution >= 4 is 17.3 Å². The van der Waals surface area contributed by atoms with Crippen LogP contribution in [0.5, 0.6) is 0 Å². The Balaban J connectivity index is 2.21. The van der Waals surface area contributed by atoms with Crippen LogP contribution >= 0.6 is 0 Å². The van der Waals surface area contributed by atoms with Gasteiger partial charge in [0.15, 0.2) is 0 Å². The third-order valence-corrected chi connectivity index (χ3v) is 2.76. The number of nitrogens with two attached hydrogens (primary N) is 2. The number of likely N-dealkylation sites (tertiary alicyclic amines) is 1. The lowest BCUT2D eigenvalue weighted by molar-refractivity contribution is 0.0766. The molecule has 1 amide bonds. The number of rotatable bonds is 1. The molecule has 0 radical (unpaired) electrons. The van der Waals surface area contributed by atoms with E-state index in [0.29, 0.717) is 36.4 Å². The molecule has 86 valence electrons. The molecular formula is C11H15N3O2. The van der Waals surface area contributed by atoms with Gasteiger partial charge in [-0.25, -0.2) is 0 Å². The maximum Gasteiger partial charge on any atom is 0.256 e. The van der Waals surface area contributed by atoms with Crippen LogP contribution in [-0.2, 0) is 0 Å². The predicted octanol–water partition coefficient (Wildman–Crippen LogP) is 0.0578. The van der Waals surface area contributed by atoms with Gasteiger partial charge in [0, 0.05) is 24.5 Å². The minimum absolute atomic E-state index is 0.144. The van der Waals surface area contributed by atoms with Gasteiger partial charge in [0.1, 0.15) is 0 Å². The molecule has 0 spiro atoms. The molecule has 1 aromatic carbocycles. The number of carbonyl (C=O) groups is 1. The molecule has 2 rings (SSSR count). The second-order valence-electron chi connectivity index (χ2n) is 4.04. The SMILES string of the molecule is Nc1ccc(C(=O)N2CCC(O)C2)c(N)c1. The maximum atomic E-state index is 12.0. The van der Waals surface area contributed by atoms with E-state index in [-0.39, 0.29) is 5.91 Å². The second-order valence-corrected chi connectivity index (χ2v) is 4.04. The lowest BCUT2D eigenvalue weighted by Gasteiger charge is -2.16. The minimum atomic E-state index is -0.418. The van der Waals surface area contributed by atoms with Crippen LogP contribution in [0.15, 0.2) is 18.2 Å². The van der Waals surface area contributed by atoms with Crippen molar-refractivity contribution in [3.05, 3.63) is 23.8 Å². The molecule has 5 N–H and O–H groups in total. The fourth-order valence-corrected chi connectivity index (χ4v) is 1.87. The largest absolute Gasteiger partial charge is 0.399 e. The summed E-state index contributed by atoms with van der Waals surface area (Å²) in [5.41, 5.74) is 12.7. The Morgan fingerprint density at radius 3 is 2.75 bits per heavy atom. The van der Waals surface area contributed by atoms with Gasteiger partial charge in [0.2, 0.25) is 0 Å². The van der Waals surface area contributed by atoms with Crippen molar-refractivity contribution < 1.29 is 9.90 Å². The van der Waals surface area contributed by atoms with Crippen molar-refractivity contribution in [3.63, 3.8) is 0 Å². The van der Waals surface area contributed by atoms with Crippen molar-refractivity contribution in [2.45, 2.75) is 12.5 Å². The molecule has 1 unspecified atom stereocenters. The highest BCUT2D eigenvalue weighted by molar-refractivity contribution is 5.99. The Hall–Kier alpha value is -1.75. The lowest BCUT2D eigenvalue weighted by Crippen LogP contribution is -2.30. The maximum absolute atomic E-state index is 12.0. The molecule has 1 heterocycles. The zero-order valence-electron chi connectivity index (χ0n) is 8.89. The standard InChI is InChI=1S/C11H15N3O2/c12-7-1-2-9(10(13)5-7)11(16)14-4-3-8(15)6-14/h1-2,5,8,15H,3-4,6,12-13H2. The summed E-state index contributed by atoms with van der Waals surface area (Å²) in [6, 6.07) is 4.84. The number of amides is 1. The molecule has 0 saturated carbocycles. The highest BCUT2D eigenvalue weighted by atomic mass is 16.3. The van der Waals surface area contributed by atoms with Gasteiger partial charge in [-0.2, -0.15) is 0 Å². The van der Waals surface area contributed by atoms with Gasteiger partial charge in [-0.1, -0.05) is 0 Å². The van der Waals surface area contributed by atoms with E-state index in [4.69, 9.17) is 11.5 Å². The summed E-state index contributed by atoms with van der Waals surface area (Å²) in [6.45, 7) is 0.951.